The van der Waals surface area contributed by atoms with Gasteiger partial charge in [0.25, 0.3) is 5.91 Å². The van der Waals surface area contributed by atoms with Crippen LogP contribution in [0.25, 0.3) is 11.3 Å². The maximum Gasteiger partial charge on any atom is 0.274 e. The Morgan fingerprint density at radius 1 is 1.26 bits per heavy atom. The summed E-state index contributed by atoms with van der Waals surface area (Å²) in [5, 5.41) is 7.11. The molecule has 1 saturated carbocycles. The number of benzene rings is 1. The summed E-state index contributed by atoms with van der Waals surface area (Å²) in [4.78, 5) is 12.5. The largest absolute Gasteiger partial charge is 0.488 e. The minimum absolute atomic E-state index is 0.151. The van der Waals surface area contributed by atoms with E-state index in [1.54, 1.807) is 0 Å². The van der Waals surface area contributed by atoms with Crippen molar-refractivity contribution in [3.63, 3.8) is 0 Å². The van der Waals surface area contributed by atoms with Gasteiger partial charge in [-0.1, -0.05) is 36.0 Å². The van der Waals surface area contributed by atoms with Gasteiger partial charge in [0.2, 0.25) is 0 Å². The quantitative estimate of drug-likeness (QED) is 0.920. The number of aryl methyl sites for hydroxylation is 1. The van der Waals surface area contributed by atoms with Gasteiger partial charge in [-0.15, -0.1) is 0 Å². The van der Waals surface area contributed by atoms with Gasteiger partial charge >= 0.3 is 0 Å². The number of ether oxygens (including phenoxy) is 1. The number of nitrogens with zero attached hydrogens (tertiary/aromatic N) is 1. The van der Waals surface area contributed by atoms with Crippen molar-refractivity contribution in [3.05, 3.63) is 35.0 Å². The molecule has 23 heavy (non-hydrogen) atoms. The van der Waals surface area contributed by atoms with Crippen LogP contribution in [0, 0.1) is 6.92 Å². The zero-order valence-corrected chi connectivity index (χ0v) is 13.2. The molecule has 2 aliphatic rings. The average Bonchev–Trinajstić information content (AvgIpc) is 3.00. The Morgan fingerprint density at radius 2 is 2.09 bits per heavy atom. The maximum absolute atomic E-state index is 12.5. The lowest BCUT2D eigenvalue weighted by molar-refractivity contribution is 0.0916. The summed E-state index contributed by atoms with van der Waals surface area (Å²) < 4.78 is 11.3. The molecule has 1 aromatic carbocycles. The molecule has 5 nitrogen and oxygen atoms in total. The standard InChI is InChI=1S/C18H20N2O3/c1-11-7-8-15-13(9-11)17-14(10-22-15)16(20-23-17)18(21)19-12-5-3-2-4-6-12/h7-9,12H,2-6,10H2,1H3,(H,19,21). The molecule has 0 bridgehead atoms. The number of aromatic nitrogens is 1. The highest BCUT2D eigenvalue weighted by Crippen LogP contribution is 2.39. The van der Waals surface area contributed by atoms with Crippen LogP contribution in [0.4, 0.5) is 0 Å². The highest BCUT2D eigenvalue weighted by atomic mass is 16.5. The molecular weight excluding hydrogens is 292 g/mol. The van der Waals surface area contributed by atoms with Crippen LogP contribution in [0.5, 0.6) is 5.75 Å². The third-order valence-electron chi connectivity index (χ3n) is 4.70. The van der Waals surface area contributed by atoms with E-state index in [0.29, 0.717) is 18.1 Å². The highest BCUT2D eigenvalue weighted by molar-refractivity contribution is 5.95. The summed E-state index contributed by atoms with van der Waals surface area (Å²) in [5.41, 5.74) is 3.09. The Morgan fingerprint density at radius 3 is 2.91 bits per heavy atom. The Balaban J connectivity index is 1.61. The van der Waals surface area contributed by atoms with E-state index in [4.69, 9.17) is 9.26 Å². The lowest BCUT2D eigenvalue weighted by atomic mass is 9.95. The molecule has 1 amide bonds. The molecule has 120 valence electrons. The van der Waals surface area contributed by atoms with Gasteiger partial charge in [-0.05, 0) is 31.9 Å². The second kappa shape index (κ2) is 5.72. The number of hydrogen-bond donors (Lipinski definition) is 1. The second-order valence-electron chi connectivity index (χ2n) is 6.44. The first-order chi connectivity index (χ1) is 11.2. The number of amides is 1. The summed E-state index contributed by atoms with van der Waals surface area (Å²) in [7, 11) is 0. The first kappa shape index (κ1) is 14.3. The van der Waals surface area contributed by atoms with Gasteiger partial charge in [0.05, 0.1) is 11.1 Å². The number of carbonyl (C=O) groups is 1. The lowest BCUT2D eigenvalue weighted by Gasteiger charge is -2.22. The fraction of sp³-hybridized carbons (Fsp3) is 0.444. The second-order valence-corrected chi connectivity index (χ2v) is 6.44. The first-order valence-corrected chi connectivity index (χ1v) is 8.25. The number of rotatable bonds is 2. The van der Waals surface area contributed by atoms with Gasteiger partial charge in [-0.2, -0.15) is 0 Å². The topological polar surface area (TPSA) is 64.4 Å². The monoisotopic (exact) mass is 312 g/mol. The van der Waals surface area contributed by atoms with Gasteiger partial charge in [0.15, 0.2) is 11.5 Å². The summed E-state index contributed by atoms with van der Waals surface area (Å²) in [6.07, 6.45) is 5.71. The van der Waals surface area contributed by atoms with E-state index < -0.39 is 0 Å². The molecule has 1 aromatic heterocycles. The zero-order valence-electron chi connectivity index (χ0n) is 13.2. The predicted molar refractivity (Wildman–Crippen MR) is 85.3 cm³/mol. The summed E-state index contributed by atoms with van der Waals surface area (Å²) >= 11 is 0. The summed E-state index contributed by atoms with van der Waals surface area (Å²) in [5.74, 6) is 1.28. The normalized spacial score (nSPS) is 17.1. The predicted octanol–water partition coefficient (Wildman–Crippen LogP) is 3.60. The van der Waals surface area contributed by atoms with Gasteiger partial charge < -0.3 is 14.6 Å². The Bertz CT molecular complexity index is 745. The zero-order chi connectivity index (χ0) is 15.8. The van der Waals surface area contributed by atoms with Crippen LogP contribution in [-0.4, -0.2) is 17.1 Å². The van der Waals surface area contributed by atoms with Crippen LogP contribution in [0.2, 0.25) is 0 Å². The molecule has 0 spiro atoms. The maximum atomic E-state index is 12.5. The molecule has 2 aromatic rings. The molecular formula is C18H20N2O3. The van der Waals surface area contributed by atoms with Crippen LogP contribution in [-0.2, 0) is 6.61 Å². The molecule has 1 aliphatic heterocycles. The summed E-state index contributed by atoms with van der Waals surface area (Å²) in [6, 6.07) is 6.18. The highest BCUT2D eigenvalue weighted by Gasteiger charge is 2.29. The van der Waals surface area contributed by atoms with Crippen molar-refractivity contribution in [1.29, 1.82) is 0 Å². The van der Waals surface area contributed by atoms with E-state index in [-0.39, 0.29) is 11.9 Å². The molecule has 5 heteroatoms. The molecule has 4 rings (SSSR count). The SMILES string of the molecule is Cc1ccc2c(c1)-c1onc(C(=O)NC3CCCCC3)c1CO2. The average molecular weight is 312 g/mol. The Labute approximate surface area is 135 Å². The van der Waals surface area contributed by atoms with Gasteiger partial charge in [0, 0.05) is 6.04 Å². The molecule has 1 aliphatic carbocycles. The third-order valence-corrected chi connectivity index (χ3v) is 4.70. The van der Waals surface area contributed by atoms with Crippen molar-refractivity contribution in [3.8, 4) is 17.1 Å². The molecule has 0 atom stereocenters. The fourth-order valence-corrected chi connectivity index (χ4v) is 3.43. The fourth-order valence-electron chi connectivity index (χ4n) is 3.43. The molecule has 2 heterocycles. The molecule has 1 N–H and O–H groups in total. The van der Waals surface area contributed by atoms with Crippen LogP contribution in [0.1, 0.15) is 53.7 Å². The molecule has 1 fully saturated rings. The van der Waals surface area contributed by atoms with Gasteiger partial charge in [-0.25, -0.2) is 0 Å². The van der Waals surface area contributed by atoms with Gasteiger partial charge in [0.1, 0.15) is 12.4 Å². The van der Waals surface area contributed by atoms with Crippen LogP contribution in [0.3, 0.4) is 0 Å². The van der Waals surface area contributed by atoms with Crippen molar-refractivity contribution in [2.75, 3.05) is 0 Å². The Kier molecular flexibility index (Phi) is 3.56. The molecule has 0 radical (unpaired) electrons. The van der Waals surface area contributed by atoms with Crippen molar-refractivity contribution in [2.24, 2.45) is 0 Å². The smallest absolute Gasteiger partial charge is 0.274 e. The number of hydrogen-bond acceptors (Lipinski definition) is 4. The molecule has 0 saturated heterocycles. The minimum Gasteiger partial charge on any atom is -0.488 e. The Hall–Kier alpha value is -2.30. The summed E-state index contributed by atoms with van der Waals surface area (Å²) in [6.45, 7) is 2.34. The lowest BCUT2D eigenvalue weighted by Crippen LogP contribution is -2.36. The van der Waals surface area contributed by atoms with Crippen LogP contribution in [0.15, 0.2) is 22.7 Å². The minimum atomic E-state index is -0.151. The number of carbonyl (C=O) groups excluding carboxylic acids is 1. The van der Waals surface area contributed by atoms with Crippen molar-refractivity contribution in [1.82, 2.24) is 10.5 Å². The van der Waals surface area contributed by atoms with Crippen molar-refractivity contribution in [2.45, 2.75) is 51.7 Å². The number of nitrogens with one attached hydrogen (secondary N) is 1. The van der Waals surface area contributed by atoms with Crippen LogP contribution < -0.4 is 10.1 Å². The first-order valence-electron chi connectivity index (χ1n) is 8.25. The van der Waals surface area contributed by atoms with Crippen molar-refractivity contribution >= 4 is 5.91 Å². The van der Waals surface area contributed by atoms with E-state index in [0.717, 1.165) is 35.3 Å². The van der Waals surface area contributed by atoms with E-state index in [9.17, 15) is 4.79 Å². The van der Waals surface area contributed by atoms with Gasteiger partial charge in [-0.3, -0.25) is 4.79 Å². The van der Waals surface area contributed by atoms with E-state index in [1.165, 1.54) is 19.3 Å². The van der Waals surface area contributed by atoms with E-state index in [2.05, 4.69) is 10.5 Å². The van der Waals surface area contributed by atoms with E-state index in [1.807, 2.05) is 25.1 Å². The third kappa shape index (κ3) is 2.60. The molecule has 0 unspecified atom stereocenters. The van der Waals surface area contributed by atoms with E-state index >= 15 is 0 Å². The number of fused-ring (bicyclic) bond motifs is 3. The van der Waals surface area contributed by atoms with Crippen molar-refractivity contribution < 1.29 is 14.1 Å². The van der Waals surface area contributed by atoms with Crippen LogP contribution >= 0.6 is 0 Å².